The van der Waals surface area contributed by atoms with Crippen LogP contribution in [-0.4, -0.2) is 54.4 Å². The molecule has 2 aliphatic heterocycles. The van der Waals surface area contributed by atoms with Gasteiger partial charge in [-0.2, -0.15) is 0 Å². The predicted molar refractivity (Wildman–Crippen MR) is 121 cm³/mol. The van der Waals surface area contributed by atoms with Crippen LogP contribution in [0.15, 0.2) is 29.2 Å². The van der Waals surface area contributed by atoms with Crippen molar-refractivity contribution in [3.63, 3.8) is 0 Å². The number of carbonyl (C=O) groups excluding carboxylic acids is 2. The molecule has 2 amide bonds. The van der Waals surface area contributed by atoms with Gasteiger partial charge in [0.25, 0.3) is 0 Å². The van der Waals surface area contributed by atoms with Crippen molar-refractivity contribution < 1.29 is 9.59 Å². The molecule has 1 aromatic heterocycles. The second kappa shape index (κ2) is 9.78. The molecule has 7 nitrogen and oxygen atoms in total. The van der Waals surface area contributed by atoms with Gasteiger partial charge in [0.2, 0.25) is 22.1 Å². The van der Waals surface area contributed by atoms with E-state index in [4.69, 9.17) is 0 Å². The molecule has 0 spiro atoms. The van der Waals surface area contributed by atoms with Crippen LogP contribution in [0.4, 0.5) is 10.3 Å². The highest BCUT2D eigenvalue weighted by molar-refractivity contribution is 7.98. The minimum atomic E-state index is -0.0432. The number of benzene rings is 1. The van der Waals surface area contributed by atoms with E-state index in [0.29, 0.717) is 24.6 Å². The molecule has 2 saturated heterocycles. The number of nitrogens with zero attached hydrogens (tertiary/aromatic N) is 4. The van der Waals surface area contributed by atoms with E-state index in [0.717, 1.165) is 43.9 Å². The van der Waals surface area contributed by atoms with Gasteiger partial charge in [0.05, 0.1) is 5.92 Å². The Kier molecular flexibility index (Phi) is 6.89. The summed E-state index contributed by atoms with van der Waals surface area (Å²) in [5.41, 5.74) is 1.23. The highest BCUT2D eigenvalue weighted by Crippen LogP contribution is 2.32. The van der Waals surface area contributed by atoms with E-state index in [9.17, 15) is 9.59 Å². The van der Waals surface area contributed by atoms with Crippen LogP contribution in [0.3, 0.4) is 0 Å². The van der Waals surface area contributed by atoms with E-state index < -0.39 is 0 Å². The van der Waals surface area contributed by atoms with Gasteiger partial charge in [-0.25, -0.2) is 0 Å². The van der Waals surface area contributed by atoms with Crippen LogP contribution in [0.2, 0.25) is 0 Å². The Morgan fingerprint density at radius 3 is 2.73 bits per heavy atom. The quantitative estimate of drug-likeness (QED) is 0.660. The second-order valence-electron chi connectivity index (χ2n) is 7.69. The lowest BCUT2D eigenvalue weighted by molar-refractivity contribution is -0.125. The Hall–Kier alpha value is -2.13. The number of piperidine rings is 1. The van der Waals surface area contributed by atoms with Gasteiger partial charge in [0.15, 0.2) is 0 Å². The molecule has 160 valence electrons. The van der Waals surface area contributed by atoms with Crippen molar-refractivity contribution in [3.05, 3.63) is 29.8 Å². The molecule has 1 atom stereocenters. The standard InChI is InChI=1S/C21H27N5O2S2/c1-29-17-8-6-15(7-9-17)10-11-22-19(28)16-4-2-12-25(14-16)20-23-24-21(30-20)26-13-3-5-18(26)27/h6-9,16H,2-5,10-14H2,1H3,(H,22,28)/t16-/m0/s1. The van der Waals surface area contributed by atoms with Crippen LogP contribution in [0.1, 0.15) is 31.2 Å². The van der Waals surface area contributed by atoms with E-state index >= 15 is 0 Å². The summed E-state index contributed by atoms with van der Waals surface area (Å²) < 4.78 is 0. The topological polar surface area (TPSA) is 78.4 Å². The van der Waals surface area contributed by atoms with E-state index in [2.05, 4.69) is 50.9 Å². The Morgan fingerprint density at radius 1 is 1.20 bits per heavy atom. The number of nitrogens with one attached hydrogen (secondary N) is 1. The smallest absolute Gasteiger partial charge is 0.228 e. The zero-order chi connectivity index (χ0) is 20.9. The Labute approximate surface area is 185 Å². The Balaban J connectivity index is 1.28. The van der Waals surface area contributed by atoms with Gasteiger partial charge in [-0.05, 0) is 49.6 Å². The van der Waals surface area contributed by atoms with Crippen LogP contribution >= 0.6 is 23.1 Å². The molecule has 2 fully saturated rings. The average Bonchev–Trinajstić information content (AvgIpc) is 3.43. The molecule has 0 bridgehead atoms. The molecule has 0 radical (unpaired) electrons. The maximum atomic E-state index is 12.7. The third kappa shape index (κ3) is 4.95. The summed E-state index contributed by atoms with van der Waals surface area (Å²) in [5, 5.41) is 13.1. The van der Waals surface area contributed by atoms with Gasteiger partial charge in [-0.1, -0.05) is 23.5 Å². The lowest BCUT2D eigenvalue weighted by atomic mass is 9.97. The average molecular weight is 446 g/mol. The zero-order valence-corrected chi connectivity index (χ0v) is 18.8. The van der Waals surface area contributed by atoms with Crippen LogP contribution < -0.4 is 15.1 Å². The molecule has 0 aliphatic carbocycles. The minimum absolute atomic E-state index is 0.0432. The van der Waals surface area contributed by atoms with E-state index in [1.807, 2.05) is 0 Å². The fraction of sp³-hybridized carbons (Fsp3) is 0.524. The van der Waals surface area contributed by atoms with Gasteiger partial charge in [-0.3, -0.25) is 14.5 Å². The van der Waals surface area contributed by atoms with E-state index in [1.54, 1.807) is 16.7 Å². The number of amides is 2. The van der Waals surface area contributed by atoms with Crippen molar-refractivity contribution in [1.82, 2.24) is 15.5 Å². The first kappa shape index (κ1) is 21.1. The highest BCUT2D eigenvalue weighted by atomic mass is 32.2. The maximum Gasteiger partial charge on any atom is 0.228 e. The fourth-order valence-corrected chi connectivity index (χ4v) is 5.26. The molecule has 1 aromatic carbocycles. The second-order valence-corrected chi connectivity index (χ2v) is 9.50. The minimum Gasteiger partial charge on any atom is -0.355 e. The number of rotatable bonds is 7. The Morgan fingerprint density at radius 2 is 2.00 bits per heavy atom. The molecule has 0 unspecified atom stereocenters. The molecular formula is C21H27N5O2S2. The van der Waals surface area contributed by atoms with Crippen molar-refractivity contribution in [3.8, 4) is 0 Å². The maximum absolute atomic E-state index is 12.7. The molecule has 3 heterocycles. The summed E-state index contributed by atoms with van der Waals surface area (Å²) in [5.74, 6) is 0.190. The molecule has 9 heteroatoms. The van der Waals surface area contributed by atoms with Gasteiger partial charge in [0, 0.05) is 37.5 Å². The van der Waals surface area contributed by atoms with Crippen molar-refractivity contribution in [2.24, 2.45) is 5.92 Å². The van der Waals surface area contributed by atoms with Crippen molar-refractivity contribution >= 4 is 45.2 Å². The molecule has 4 rings (SSSR count). The molecular weight excluding hydrogens is 418 g/mol. The Bertz CT molecular complexity index is 886. The molecule has 30 heavy (non-hydrogen) atoms. The zero-order valence-electron chi connectivity index (χ0n) is 17.2. The number of anilines is 2. The first-order chi connectivity index (χ1) is 14.6. The van der Waals surface area contributed by atoms with Gasteiger partial charge >= 0.3 is 0 Å². The van der Waals surface area contributed by atoms with Crippen molar-refractivity contribution in [2.45, 2.75) is 37.0 Å². The predicted octanol–water partition coefficient (Wildman–Crippen LogP) is 2.96. The normalized spacial score (nSPS) is 19.4. The third-order valence-electron chi connectivity index (χ3n) is 5.64. The van der Waals surface area contributed by atoms with E-state index in [-0.39, 0.29) is 17.7 Å². The first-order valence-corrected chi connectivity index (χ1v) is 12.5. The molecule has 2 aliphatic rings. The van der Waals surface area contributed by atoms with Crippen LogP contribution in [0.25, 0.3) is 0 Å². The van der Waals surface area contributed by atoms with Crippen LogP contribution in [-0.2, 0) is 16.0 Å². The SMILES string of the molecule is CSc1ccc(CCNC(=O)[C@H]2CCCN(c3nnc(N4CCCC4=O)s3)C2)cc1. The monoisotopic (exact) mass is 445 g/mol. The summed E-state index contributed by atoms with van der Waals surface area (Å²) in [6.45, 7) is 2.89. The van der Waals surface area contributed by atoms with Crippen molar-refractivity contribution in [1.29, 1.82) is 0 Å². The van der Waals surface area contributed by atoms with E-state index in [1.165, 1.54) is 21.8 Å². The third-order valence-corrected chi connectivity index (χ3v) is 7.39. The van der Waals surface area contributed by atoms with Crippen LogP contribution in [0.5, 0.6) is 0 Å². The fourth-order valence-electron chi connectivity index (χ4n) is 3.93. The number of thioether (sulfide) groups is 1. The van der Waals surface area contributed by atoms with Crippen molar-refractivity contribution in [2.75, 3.05) is 42.2 Å². The number of hydrogen-bond acceptors (Lipinski definition) is 7. The summed E-state index contributed by atoms with van der Waals surface area (Å²) in [6.07, 6.45) is 6.20. The van der Waals surface area contributed by atoms with Gasteiger partial charge in [0.1, 0.15) is 0 Å². The first-order valence-electron chi connectivity index (χ1n) is 10.4. The molecule has 1 N–H and O–H groups in total. The lowest BCUT2D eigenvalue weighted by Crippen LogP contribution is -2.43. The summed E-state index contributed by atoms with van der Waals surface area (Å²) in [7, 11) is 0. The van der Waals surface area contributed by atoms with Crippen LogP contribution in [0, 0.1) is 5.92 Å². The summed E-state index contributed by atoms with van der Waals surface area (Å²) in [6, 6.07) is 8.48. The molecule has 2 aromatic rings. The number of hydrogen-bond donors (Lipinski definition) is 1. The lowest BCUT2D eigenvalue weighted by Gasteiger charge is -2.31. The summed E-state index contributed by atoms with van der Waals surface area (Å²) in [4.78, 5) is 29.7. The van der Waals surface area contributed by atoms with Gasteiger partial charge in [-0.15, -0.1) is 22.0 Å². The van der Waals surface area contributed by atoms with Gasteiger partial charge < -0.3 is 10.2 Å². The highest BCUT2D eigenvalue weighted by Gasteiger charge is 2.29. The number of aromatic nitrogens is 2. The summed E-state index contributed by atoms with van der Waals surface area (Å²) >= 11 is 3.18. The largest absolute Gasteiger partial charge is 0.355 e. The molecule has 0 saturated carbocycles. The number of carbonyl (C=O) groups is 2.